The van der Waals surface area contributed by atoms with Gasteiger partial charge in [0.15, 0.2) is 5.83 Å². The molecule has 0 amide bonds. The van der Waals surface area contributed by atoms with Gasteiger partial charge in [0, 0.05) is 0 Å². The summed E-state index contributed by atoms with van der Waals surface area (Å²) >= 11 is 0. The number of hydrogen-bond donors (Lipinski definition) is 0. The lowest BCUT2D eigenvalue weighted by atomic mass is 9.70. The lowest BCUT2D eigenvalue weighted by Gasteiger charge is -2.36. The molecule has 0 saturated heterocycles. The summed E-state index contributed by atoms with van der Waals surface area (Å²) in [6, 6.07) is 10.8. The summed E-state index contributed by atoms with van der Waals surface area (Å²) in [6.45, 7) is 6.74. The van der Waals surface area contributed by atoms with Crippen LogP contribution < -0.4 is 0 Å². The summed E-state index contributed by atoms with van der Waals surface area (Å²) in [5, 5.41) is 8.46. The van der Waals surface area contributed by atoms with E-state index in [4.69, 9.17) is 5.26 Å². The first-order valence-electron chi connectivity index (χ1n) is 11.3. The van der Waals surface area contributed by atoms with E-state index >= 15 is 0 Å². The Bertz CT molecular complexity index is 764. The third kappa shape index (κ3) is 5.92. The number of aryl methyl sites for hydroxylation is 1. The second kappa shape index (κ2) is 10.6. The van der Waals surface area contributed by atoms with Crippen LogP contribution in [0.15, 0.2) is 60.5 Å². The quantitative estimate of drug-likeness (QED) is 0.275. The van der Waals surface area contributed by atoms with Gasteiger partial charge in [0.1, 0.15) is 6.07 Å². The van der Waals surface area contributed by atoms with Gasteiger partial charge in [-0.3, -0.25) is 0 Å². The van der Waals surface area contributed by atoms with Crippen molar-refractivity contribution in [2.24, 2.45) is 17.8 Å². The molecule has 0 bridgehead atoms. The fourth-order valence-electron chi connectivity index (χ4n) is 5.17. The molecular formula is C27H34FN. The molecule has 2 saturated carbocycles. The number of nitriles is 1. The van der Waals surface area contributed by atoms with Gasteiger partial charge < -0.3 is 0 Å². The molecule has 2 aliphatic rings. The smallest absolute Gasteiger partial charge is 0.195 e. The van der Waals surface area contributed by atoms with Crippen molar-refractivity contribution in [1.82, 2.24) is 0 Å². The molecule has 0 heterocycles. The van der Waals surface area contributed by atoms with Crippen molar-refractivity contribution in [2.45, 2.75) is 70.6 Å². The lowest BCUT2D eigenvalue weighted by molar-refractivity contribution is 0.290. The van der Waals surface area contributed by atoms with Gasteiger partial charge in [-0.25, -0.2) is 0 Å². The second-order valence-corrected chi connectivity index (χ2v) is 8.84. The van der Waals surface area contributed by atoms with Crippen LogP contribution >= 0.6 is 0 Å². The molecule has 2 aliphatic carbocycles. The maximum atomic E-state index is 12.9. The minimum Gasteiger partial charge on any atom is -0.195 e. The van der Waals surface area contributed by atoms with Gasteiger partial charge in [-0.15, -0.1) is 0 Å². The highest BCUT2D eigenvalue weighted by Crippen LogP contribution is 2.43. The molecule has 1 aromatic carbocycles. The van der Waals surface area contributed by atoms with E-state index in [-0.39, 0.29) is 0 Å². The van der Waals surface area contributed by atoms with Crippen LogP contribution in [0.4, 0.5) is 4.39 Å². The maximum absolute atomic E-state index is 12.9. The van der Waals surface area contributed by atoms with Crippen molar-refractivity contribution in [3.05, 3.63) is 71.6 Å². The van der Waals surface area contributed by atoms with Gasteiger partial charge in [-0.1, -0.05) is 55.5 Å². The van der Waals surface area contributed by atoms with Crippen LogP contribution in [0.2, 0.25) is 0 Å². The molecule has 3 rings (SSSR count). The third-order valence-corrected chi connectivity index (χ3v) is 7.14. The number of halogens is 1. The van der Waals surface area contributed by atoms with E-state index in [0.29, 0.717) is 23.7 Å². The van der Waals surface area contributed by atoms with E-state index in [9.17, 15) is 4.39 Å². The van der Waals surface area contributed by atoms with E-state index in [1.165, 1.54) is 67.4 Å². The Morgan fingerprint density at radius 3 is 2.17 bits per heavy atom. The van der Waals surface area contributed by atoms with E-state index < -0.39 is 5.83 Å². The van der Waals surface area contributed by atoms with E-state index in [1.807, 2.05) is 0 Å². The van der Waals surface area contributed by atoms with Crippen LogP contribution in [0.1, 0.15) is 75.3 Å². The lowest BCUT2D eigenvalue weighted by Crippen LogP contribution is -2.22. The van der Waals surface area contributed by atoms with Crippen molar-refractivity contribution in [1.29, 1.82) is 5.26 Å². The van der Waals surface area contributed by atoms with Crippen LogP contribution in [-0.2, 0) is 6.42 Å². The Balaban J connectivity index is 1.44. The van der Waals surface area contributed by atoms with Crippen molar-refractivity contribution in [2.75, 3.05) is 0 Å². The minimum atomic E-state index is -0.722. The first kappa shape index (κ1) is 21.6. The van der Waals surface area contributed by atoms with Crippen LogP contribution in [0.5, 0.6) is 0 Å². The fourth-order valence-corrected chi connectivity index (χ4v) is 5.17. The van der Waals surface area contributed by atoms with Crippen molar-refractivity contribution in [3.63, 3.8) is 0 Å². The van der Waals surface area contributed by atoms with Crippen molar-refractivity contribution >= 4 is 0 Å². The van der Waals surface area contributed by atoms with E-state index in [2.05, 4.69) is 43.8 Å². The number of allylic oxidation sites excluding steroid dienone is 5. The molecule has 0 radical (unpaired) electrons. The van der Waals surface area contributed by atoms with E-state index in [1.54, 1.807) is 6.08 Å². The number of nitrogens with zero attached hydrogens (tertiary/aromatic N) is 1. The highest BCUT2D eigenvalue weighted by Gasteiger charge is 2.29. The van der Waals surface area contributed by atoms with Crippen molar-refractivity contribution < 1.29 is 4.39 Å². The van der Waals surface area contributed by atoms with Gasteiger partial charge in [-0.05, 0) is 98.7 Å². The Morgan fingerprint density at radius 2 is 1.62 bits per heavy atom. The zero-order valence-corrected chi connectivity index (χ0v) is 17.7. The Labute approximate surface area is 176 Å². The van der Waals surface area contributed by atoms with Crippen LogP contribution in [0.25, 0.3) is 0 Å². The Morgan fingerprint density at radius 1 is 1.03 bits per heavy atom. The molecule has 0 atom stereocenters. The van der Waals surface area contributed by atoms with Gasteiger partial charge >= 0.3 is 0 Å². The molecule has 0 aliphatic heterocycles. The highest BCUT2D eigenvalue weighted by molar-refractivity contribution is 5.26. The topological polar surface area (TPSA) is 23.8 Å². The normalized spacial score (nSPS) is 28.2. The Kier molecular flexibility index (Phi) is 7.87. The number of hydrogen-bond acceptors (Lipinski definition) is 1. The highest BCUT2D eigenvalue weighted by atomic mass is 19.1. The minimum absolute atomic E-state index is 0.503. The zero-order chi connectivity index (χ0) is 20.6. The summed E-state index contributed by atoms with van der Waals surface area (Å²) in [5.41, 5.74) is 4.43. The number of rotatable bonds is 6. The molecule has 0 N–H and O–H groups in total. The molecule has 0 aromatic heterocycles. The maximum Gasteiger partial charge on any atom is 0.199 e. The standard InChI is InChI=1S/C27H34FN/c1-3-21-7-13-25(14-8-21)26-17-15-24(16-18-26)20(2)23-11-9-22(10-12-23)5-4-6-27(28)19-29/h4-8,13-14,22-24,26H,2-3,9-12,15-18H2,1H3/b5-4+,27-6-. The van der Waals surface area contributed by atoms with Gasteiger partial charge in [0.25, 0.3) is 0 Å². The molecular weight excluding hydrogens is 357 g/mol. The summed E-state index contributed by atoms with van der Waals surface area (Å²) < 4.78 is 12.9. The predicted octanol–water partition coefficient (Wildman–Crippen LogP) is 7.82. The molecule has 2 fully saturated rings. The summed E-state index contributed by atoms with van der Waals surface area (Å²) in [6.07, 6.45) is 15.9. The summed E-state index contributed by atoms with van der Waals surface area (Å²) in [4.78, 5) is 0. The summed E-state index contributed by atoms with van der Waals surface area (Å²) in [7, 11) is 0. The molecule has 0 spiro atoms. The molecule has 154 valence electrons. The van der Waals surface area contributed by atoms with Crippen LogP contribution in [0, 0.1) is 29.1 Å². The third-order valence-electron chi connectivity index (χ3n) is 7.14. The average molecular weight is 392 g/mol. The zero-order valence-electron chi connectivity index (χ0n) is 17.7. The average Bonchev–Trinajstić information content (AvgIpc) is 2.79. The predicted molar refractivity (Wildman–Crippen MR) is 119 cm³/mol. The number of benzene rings is 1. The molecule has 1 nitrogen and oxygen atoms in total. The fraction of sp³-hybridized carbons (Fsp3) is 0.519. The summed E-state index contributed by atoms with van der Waals surface area (Å²) in [5.74, 6) is 1.83. The molecule has 29 heavy (non-hydrogen) atoms. The molecule has 2 heteroatoms. The van der Waals surface area contributed by atoms with E-state index in [0.717, 1.165) is 19.3 Å². The first-order chi connectivity index (χ1) is 14.1. The molecule has 0 unspecified atom stereocenters. The first-order valence-corrected chi connectivity index (χ1v) is 11.3. The monoisotopic (exact) mass is 391 g/mol. The SMILES string of the molecule is C=C(C1CCC(/C=C/C=C(\F)C#N)CC1)C1CCC(c2ccc(CC)cc2)CC1. The van der Waals surface area contributed by atoms with Crippen molar-refractivity contribution in [3.8, 4) is 6.07 Å². The largest absolute Gasteiger partial charge is 0.199 e. The van der Waals surface area contributed by atoms with Gasteiger partial charge in [0.2, 0.25) is 0 Å². The second-order valence-electron chi connectivity index (χ2n) is 8.84. The van der Waals surface area contributed by atoms with Crippen LogP contribution in [-0.4, -0.2) is 0 Å². The van der Waals surface area contributed by atoms with Gasteiger partial charge in [-0.2, -0.15) is 9.65 Å². The Hall–Kier alpha value is -2.14. The van der Waals surface area contributed by atoms with Crippen LogP contribution in [0.3, 0.4) is 0 Å². The molecule has 1 aromatic rings. The van der Waals surface area contributed by atoms with Gasteiger partial charge in [0.05, 0.1) is 0 Å².